The number of nitro benzene ring substituents is 4. The molecule has 0 aliphatic carbocycles. The van der Waals surface area contributed by atoms with E-state index in [0.717, 1.165) is 36.4 Å². The molecule has 0 unspecified atom stereocenters. The summed E-state index contributed by atoms with van der Waals surface area (Å²) < 4.78 is 10.4. The number of benzene rings is 5. The van der Waals surface area contributed by atoms with Gasteiger partial charge in [-0.05, 0) is 77.9 Å². The van der Waals surface area contributed by atoms with Crippen molar-refractivity contribution in [1.82, 2.24) is 0 Å². The number of nitro groups is 4. The van der Waals surface area contributed by atoms with Gasteiger partial charge in [-0.25, -0.2) is 9.59 Å². The number of rotatable bonds is 12. The van der Waals surface area contributed by atoms with Gasteiger partial charge in [0.05, 0.1) is 54.3 Å². The van der Waals surface area contributed by atoms with Gasteiger partial charge in [0.15, 0.2) is 0 Å². The lowest BCUT2D eigenvalue weighted by Gasteiger charge is -2.05. The zero-order chi connectivity index (χ0) is 37.4. The molecule has 0 aromatic heterocycles. The summed E-state index contributed by atoms with van der Waals surface area (Å²) in [5.74, 6) is -1.85. The van der Waals surface area contributed by atoms with Crippen molar-refractivity contribution in [3.8, 4) is 11.5 Å². The molecular formula is C34H20N6O12. The molecule has 258 valence electrons. The third kappa shape index (κ3) is 9.11. The number of hydrogen-bond acceptors (Lipinski definition) is 14. The second-order valence-corrected chi connectivity index (χ2v) is 10.5. The molecule has 0 saturated heterocycles. The number of hydrogen-bond donors (Lipinski definition) is 0. The first-order valence-electron chi connectivity index (χ1n) is 14.5. The number of aliphatic imine (C=N–C) groups is 2. The van der Waals surface area contributed by atoms with Crippen LogP contribution in [0.4, 0.5) is 34.1 Å². The molecule has 0 amide bonds. The fourth-order valence-electron chi connectivity index (χ4n) is 4.38. The summed E-state index contributed by atoms with van der Waals surface area (Å²) in [6.07, 6.45) is 3.09. The van der Waals surface area contributed by atoms with E-state index in [4.69, 9.17) is 9.47 Å². The molecule has 52 heavy (non-hydrogen) atoms. The van der Waals surface area contributed by atoms with Gasteiger partial charge >= 0.3 is 11.9 Å². The van der Waals surface area contributed by atoms with Crippen LogP contribution in [0.3, 0.4) is 0 Å². The largest absolute Gasteiger partial charge is 0.423 e. The van der Waals surface area contributed by atoms with Gasteiger partial charge in [0, 0.05) is 36.7 Å². The molecule has 0 aliphatic rings. The zero-order valence-corrected chi connectivity index (χ0v) is 26.1. The Balaban J connectivity index is 1.19. The highest BCUT2D eigenvalue weighted by atomic mass is 16.6. The van der Waals surface area contributed by atoms with Crippen LogP contribution < -0.4 is 9.47 Å². The quantitative estimate of drug-likeness (QED) is 0.0409. The third-order valence-corrected chi connectivity index (χ3v) is 6.86. The maximum Gasteiger partial charge on any atom is 0.344 e. The minimum Gasteiger partial charge on any atom is -0.423 e. The molecule has 0 bridgehead atoms. The Morgan fingerprint density at radius 2 is 0.808 bits per heavy atom. The number of non-ortho nitro benzene ring substituents is 4. The Bertz CT molecular complexity index is 2080. The molecule has 0 N–H and O–H groups in total. The van der Waals surface area contributed by atoms with Crippen LogP contribution in [0, 0.1) is 40.5 Å². The van der Waals surface area contributed by atoms with E-state index in [-0.39, 0.29) is 22.6 Å². The van der Waals surface area contributed by atoms with Gasteiger partial charge in [-0.1, -0.05) is 6.07 Å². The van der Waals surface area contributed by atoms with E-state index in [1.807, 2.05) is 0 Å². The fraction of sp³-hybridized carbons (Fsp3) is 0. The van der Waals surface area contributed by atoms with E-state index in [0.29, 0.717) is 22.5 Å². The van der Waals surface area contributed by atoms with E-state index in [9.17, 15) is 50.0 Å². The van der Waals surface area contributed by atoms with Gasteiger partial charge in [-0.15, -0.1) is 0 Å². The van der Waals surface area contributed by atoms with Gasteiger partial charge < -0.3 is 9.47 Å². The average Bonchev–Trinajstić information content (AvgIpc) is 3.13. The lowest BCUT2D eigenvalue weighted by Crippen LogP contribution is -2.09. The Hall–Kier alpha value is -8.02. The normalized spacial score (nSPS) is 10.9. The molecule has 18 heteroatoms. The van der Waals surface area contributed by atoms with Crippen LogP contribution in [0.25, 0.3) is 0 Å². The molecule has 5 rings (SSSR count). The molecule has 5 aromatic rings. The second kappa shape index (κ2) is 15.5. The number of ether oxygens (including phenoxy) is 2. The summed E-state index contributed by atoms with van der Waals surface area (Å²) in [7, 11) is 0. The van der Waals surface area contributed by atoms with Crippen LogP contribution in [-0.4, -0.2) is 44.1 Å². The first-order valence-corrected chi connectivity index (χ1v) is 14.5. The van der Waals surface area contributed by atoms with Crippen LogP contribution in [0.1, 0.15) is 31.8 Å². The minimum absolute atomic E-state index is 0.0904. The lowest BCUT2D eigenvalue weighted by molar-refractivity contribution is -0.394. The van der Waals surface area contributed by atoms with Gasteiger partial charge in [0.1, 0.15) is 11.5 Å². The van der Waals surface area contributed by atoms with Crippen molar-refractivity contribution < 1.29 is 38.8 Å². The maximum absolute atomic E-state index is 12.5. The third-order valence-electron chi connectivity index (χ3n) is 6.86. The standard InChI is InChI=1S/C34H20N6O12/c41-33(23-12-27(37(43)44)17-28(13-23)38(45)46)51-31-8-4-21(5-9-31)19-35-25-2-1-3-26(16-25)36-20-22-6-10-32(11-7-22)52-34(42)24-14-29(39(47)48)18-30(15-24)40(49)50/h1-20H. The minimum atomic E-state index is -1.02. The molecule has 18 nitrogen and oxygen atoms in total. The molecule has 0 heterocycles. The second-order valence-electron chi connectivity index (χ2n) is 10.5. The predicted molar refractivity (Wildman–Crippen MR) is 183 cm³/mol. The summed E-state index contributed by atoms with van der Waals surface area (Å²) in [6.45, 7) is 0. The van der Waals surface area contributed by atoms with Crippen molar-refractivity contribution >= 4 is 58.5 Å². The van der Waals surface area contributed by atoms with E-state index in [1.165, 1.54) is 24.3 Å². The monoisotopic (exact) mass is 704 g/mol. The van der Waals surface area contributed by atoms with Gasteiger partial charge in [-0.2, -0.15) is 0 Å². The average molecular weight is 705 g/mol. The number of carbonyl (C=O) groups is 2. The van der Waals surface area contributed by atoms with E-state index < -0.39 is 54.4 Å². The van der Waals surface area contributed by atoms with Crippen molar-refractivity contribution in [3.63, 3.8) is 0 Å². The van der Waals surface area contributed by atoms with Crippen LogP contribution >= 0.6 is 0 Å². The number of esters is 2. The summed E-state index contributed by atoms with van der Waals surface area (Å²) in [5.41, 5.74) is -0.850. The Morgan fingerprint density at radius 1 is 0.481 bits per heavy atom. The first kappa shape index (κ1) is 35.3. The Morgan fingerprint density at radius 3 is 1.12 bits per heavy atom. The van der Waals surface area contributed by atoms with E-state index >= 15 is 0 Å². The highest BCUT2D eigenvalue weighted by Gasteiger charge is 2.22. The van der Waals surface area contributed by atoms with Crippen molar-refractivity contribution in [2.45, 2.75) is 0 Å². The molecule has 0 atom stereocenters. The van der Waals surface area contributed by atoms with Gasteiger partial charge in [0.2, 0.25) is 0 Å². The first-order chi connectivity index (χ1) is 24.8. The predicted octanol–water partition coefficient (Wildman–Crippen LogP) is 7.26. The summed E-state index contributed by atoms with van der Waals surface area (Å²) in [4.78, 5) is 74.9. The highest BCUT2D eigenvalue weighted by Crippen LogP contribution is 2.26. The van der Waals surface area contributed by atoms with Crippen molar-refractivity contribution in [2.75, 3.05) is 0 Å². The van der Waals surface area contributed by atoms with Gasteiger partial charge in [-0.3, -0.25) is 50.4 Å². The highest BCUT2D eigenvalue weighted by molar-refractivity contribution is 5.93. The fourth-order valence-corrected chi connectivity index (χ4v) is 4.38. The summed E-state index contributed by atoms with van der Waals surface area (Å²) in [6, 6.07) is 24.1. The smallest absolute Gasteiger partial charge is 0.344 e. The van der Waals surface area contributed by atoms with E-state index in [2.05, 4.69) is 9.98 Å². The lowest BCUT2D eigenvalue weighted by atomic mass is 10.1. The zero-order valence-electron chi connectivity index (χ0n) is 26.1. The van der Waals surface area contributed by atoms with Crippen LogP contribution in [-0.2, 0) is 0 Å². The molecule has 0 fully saturated rings. The van der Waals surface area contributed by atoms with Crippen molar-refractivity contribution in [3.05, 3.63) is 172 Å². The SMILES string of the molecule is O=C(Oc1ccc(C=Nc2cccc(N=Cc3ccc(OC(=O)c4cc([N+](=O)[O-])cc([N+](=O)[O-])c4)cc3)c2)cc1)c1cc([N+](=O)[O-])cc([N+](=O)[O-])c1. The van der Waals surface area contributed by atoms with Crippen molar-refractivity contribution in [2.24, 2.45) is 9.98 Å². The maximum atomic E-state index is 12.5. The summed E-state index contributed by atoms with van der Waals surface area (Å²) >= 11 is 0. The molecule has 0 radical (unpaired) electrons. The molecule has 5 aromatic carbocycles. The van der Waals surface area contributed by atoms with Crippen LogP contribution in [0.5, 0.6) is 11.5 Å². The topological polar surface area (TPSA) is 250 Å². The molecular weight excluding hydrogens is 684 g/mol. The van der Waals surface area contributed by atoms with E-state index in [1.54, 1.807) is 61.0 Å². The molecule has 0 aliphatic heterocycles. The Labute approximate surface area is 290 Å². The number of carbonyl (C=O) groups excluding carboxylic acids is 2. The van der Waals surface area contributed by atoms with Crippen LogP contribution in [0.15, 0.2) is 119 Å². The number of nitrogens with zero attached hydrogens (tertiary/aromatic N) is 6. The molecule has 0 saturated carbocycles. The molecule has 0 spiro atoms. The summed E-state index contributed by atoms with van der Waals surface area (Å²) in [5, 5.41) is 44.4. The van der Waals surface area contributed by atoms with Crippen molar-refractivity contribution in [1.29, 1.82) is 0 Å². The van der Waals surface area contributed by atoms with Gasteiger partial charge in [0.25, 0.3) is 22.7 Å². The Kier molecular flexibility index (Phi) is 10.5. The van der Waals surface area contributed by atoms with Crippen LogP contribution in [0.2, 0.25) is 0 Å².